The number of methoxy groups -OCH3 is 2. The van der Waals surface area contributed by atoms with Crippen molar-refractivity contribution in [3.8, 4) is 11.5 Å². The van der Waals surface area contributed by atoms with Gasteiger partial charge < -0.3 is 13.9 Å². The first-order valence-corrected chi connectivity index (χ1v) is 8.91. The quantitative estimate of drug-likeness (QED) is 0.586. The van der Waals surface area contributed by atoms with Crippen LogP contribution in [0.2, 0.25) is 5.02 Å². The molecule has 0 atom stereocenters. The number of fused-ring (bicyclic) bond motifs is 1. The van der Waals surface area contributed by atoms with Crippen molar-refractivity contribution in [1.29, 1.82) is 0 Å². The molecule has 142 valence electrons. The number of halogens is 1. The van der Waals surface area contributed by atoms with E-state index in [4.69, 9.17) is 25.5 Å². The third-order valence-electron chi connectivity index (χ3n) is 4.45. The summed E-state index contributed by atoms with van der Waals surface area (Å²) in [6.07, 6.45) is 0. The number of hydrogen-bond donors (Lipinski definition) is 0. The summed E-state index contributed by atoms with van der Waals surface area (Å²) < 4.78 is 16.0. The maximum Gasteiger partial charge on any atom is 0.336 e. The Hall–Kier alpha value is -2.50. The highest BCUT2D eigenvalue weighted by Gasteiger charge is 2.12. The number of ether oxygens (including phenoxy) is 2. The van der Waals surface area contributed by atoms with Gasteiger partial charge in [0.05, 0.1) is 14.2 Å². The lowest BCUT2D eigenvalue weighted by Gasteiger charge is -2.19. The number of rotatable bonds is 6. The van der Waals surface area contributed by atoms with Gasteiger partial charge in [0.25, 0.3) is 0 Å². The molecule has 1 aromatic heterocycles. The van der Waals surface area contributed by atoms with Crippen LogP contribution in [-0.2, 0) is 13.1 Å². The minimum atomic E-state index is -0.362. The molecule has 1 heterocycles. The molecule has 0 bridgehead atoms. The second kappa shape index (κ2) is 8.03. The van der Waals surface area contributed by atoms with E-state index in [-0.39, 0.29) is 5.63 Å². The molecule has 6 heteroatoms. The van der Waals surface area contributed by atoms with Crippen molar-refractivity contribution in [2.45, 2.75) is 20.0 Å². The Morgan fingerprint density at radius 1 is 1.04 bits per heavy atom. The van der Waals surface area contributed by atoms with Gasteiger partial charge >= 0.3 is 5.63 Å². The summed E-state index contributed by atoms with van der Waals surface area (Å²) in [6.45, 7) is 3.15. The second-order valence-electron chi connectivity index (χ2n) is 6.55. The van der Waals surface area contributed by atoms with Crippen LogP contribution in [0.1, 0.15) is 16.7 Å². The highest BCUT2D eigenvalue weighted by atomic mass is 35.5. The van der Waals surface area contributed by atoms with Gasteiger partial charge in [-0.25, -0.2) is 4.79 Å². The summed E-state index contributed by atoms with van der Waals surface area (Å²) in [5, 5.41) is 1.50. The highest BCUT2D eigenvalue weighted by Crippen LogP contribution is 2.29. The third kappa shape index (κ3) is 4.26. The fourth-order valence-electron chi connectivity index (χ4n) is 3.12. The zero-order chi connectivity index (χ0) is 19.6. The molecule has 0 aliphatic rings. The maximum atomic E-state index is 11.9. The fourth-order valence-corrected chi connectivity index (χ4v) is 3.28. The summed E-state index contributed by atoms with van der Waals surface area (Å²) in [7, 11) is 5.22. The highest BCUT2D eigenvalue weighted by molar-refractivity contribution is 6.32. The Kier molecular flexibility index (Phi) is 5.73. The van der Waals surface area contributed by atoms with Crippen molar-refractivity contribution >= 4 is 22.6 Å². The van der Waals surface area contributed by atoms with Crippen molar-refractivity contribution in [1.82, 2.24) is 4.90 Å². The molecular weight excluding hydrogens is 366 g/mol. The maximum absolute atomic E-state index is 11.9. The summed E-state index contributed by atoms with van der Waals surface area (Å²) in [5.41, 5.74) is 3.03. The minimum Gasteiger partial charge on any atom is -0.493 e. The van der Waals surface area contributed by atoms with Crippen LogP contribution in [0.5, 0.6) is 11.5 Å². The lowest BCUT2D eigenvalue weighted by molar-refractivity contribution is 0.316. The first-order valence-electron chi connectivity index (χ1n) is 8.53. The molecule has 2 aromatic carbocycles. The zero-order valence-corrected chi connectivity index (χ0v) is 16.6. The number of hydrogen-bond acceptors (Lipinski definition) is 5. The molecule has 5 nitrogen and oxygen atoms in total. The molecule has 0 saturated carbocycles. The third-order valence-corrected chi connectivity index (χ3v) is 4.86. The van der Waals surface area contributed by atoms with Gasteiger partial charge in [-0.2, -0.15) is 0 Å². The van der Waals surface area contributed by atoms with Crippen LogP contribution < -0.4 is 15.1 Å². The smallest absolute Gasteiger partial charge is 0.336 e. The van der Waals surface area contributed by atoms with Crippen LogP contribution in [0.4, 0.5) is 0 Å². The molecule has 0 radical (unpaired) electrons. The van der Waals surface area contributed by atoms with Crippen molar-refractivity contribution in [2.24, 2.45) is 0 Å². The van der Waals surface area contributed by atoms with E-state index >= 15 is 0 Å². The van der Waals surface area contributed by atoms with Gasteiger partial charge in [-0.1, -0.05) is 17.7 Å². The molecule has 0 saturated heterocycles. The normalized spacial score (nSPS) is 11.2. The molecule has 0 spiro atoms. The van der Waals surface area contributed by atoms with Gasteiger partial charge in [0, 0.05) is 29.6 Å². The lowest BCUT2D eigenvalue weighted by Crippen LogP contribution is -2.18. The second-order valence-corrected chi connectivity index (χ2v) is 6.96. The van der Waals surface area contributed by atoms with E-state index in [9.17, 15) is 4.79 Å². The van der Waals surface area contributed by atoms with Gasteiger partial charge in [0.1, 0.15) is 5.58 Å². The van der Waals surface area contributed by atoms with E-state index in [1.807, 2.05) is 38.2 Å². The van der Waals surface area contributed by atoms with E-state index in [2.05, 4.69) is 4.90 Å². The van der Waals surface area contributed by atoms with Gasteiger partial charge in [-0.3, -0.25) is 4.90 Å². The van der Waals surface area contributed by atoms with Gasteiger partial charge in [-0.05, 0) is 54.9 Å². The monoisotopic (exact) mass is 387 g/mol. The standard InChI is InChI=1S/C21H22ClNO4/c1-13-7-19-16(10-17(13)22)15(9-21(24)27-19)12-23(2)11-14-5-6-18(25-3)20(8-14)26-4/h5-10H,11-12H2,1-4H3. The average molecular weight is 388 g/mol. The molecule has 27 heavy (non-hydrogen) atoms. The van der Waals surface area contributed by atoms with Crippen LogP contribution >= 0.6 is 11.6 Å². The Bertz CT molecular complexity index is 1030. The largest absolute Gasteiger partial charge is 0.493 e. The summed E-state index contributed by atoms with van der Waals surface area (Å²) >= 11 is 6.27. The Balaban J connectivity index is 1.87. The van der Waals surface area contributed by atoms with E-state index in [1.165, 1.54) is 6.07 Å². The zero-order valence-electron chi connectivity index (χ0n) is 15.8. The molecular formula is C21H22ClNO4. The summed E-state index contributed by atoms with van der Waals surface area (Å²) in [4.78, 5) is 14.1. The minimum absolute atomic E-state index is 0.362. The van der Waals surface area contributed by atoms with Crippen LogP contribution in [-0.4, -0.2) is 26.2 Å². The van der Waals surface area contributed by atoms with E-state index in [1.54, 1.807) is 20.3 Å². The predicted octanol–water partition coefficient (Wildman–Crippen LogP) is 4.40. The van der Waals surface area contributed by atoms with Crippen LogP contribution in [0.15, 0.2) is 45.6 Å². The van der Waals surface area contributed by atoms with Crippen LogP contribution in [0, 0.1) is 6.92 Å². The molecule has 0 aliphatic heterocycles. The van der Waals surface area contributed by atoms with E-state index in [0.29, 0.717) is 35.2 Å². The molecule has 3 rings (SSSR count). The fraction of sp³-hybridized carbons (Fsp3) is 0.286. The topological polar surface area (TPSA) is 51.9 Å². The first kappa shape index (κ1) is 19.3. The van der Waals surface area contributed by atoms with Crippen molar-refractivity contribution in [3.05, 3.63) is 68.5 Å². The van der Waals surface area contributed by atoms with Crippen molar-refractivity contribution in [2.75, 3.05) is 21.3 Å². The van der Waals surface area contributed by atoms with Crippen LogP contribution in [0.3, 0.4) is 0 Å². The van der Waals surface area contributed by atoms with Gasteiger partial charge in [-0.15, -0.1) is 0 Å². The molecule has 0 N–H and O–H groups in total. The number of nitrogens with zero attached hydrogens (tertiary/aromatic N) is 1. The first-order chi connectivity index (χ1) is 12.9. The van der Waals surface area contributed by atoms with Gasteiger partial charge in [0.15, 0.2) is 11.5 Å². The van der Waals surface area contributed by atoms with Crippen LogP contribution in [0.25, 0.3) is 11.0 Å². The Labute approximate surface area is 163 Å². The number of benzene rings is 2. The van der Waals surface area contributed by atoms with E-state index in [0.717, 1.165) is 22.1 Å². The van der Waals surface area contributed by atoms with Crippen molar-refractivity contribution in [3.63, 3.8) is 0 Å². The summed E-state index contributed by atoms with van der Waals surface area (Å²) in [5.74, 6) is 1.39. The molecule has 0 fully saturated rings. The predicted molar refractivity (Wildman–Crippen MR) is 107 cm³/mol. The van der Waals surface area contributed by atoms with Crippen molar-refractivity contribution < 1.29 is 13.9 Å². The lowest BCUT2D eigenvalue weighted by atomic mass is 10.1. The molecule has 0 aliphatic carbocycles. The van der Waals surface area contributed by atoms with Gasteiger partial charge in [0.2, 0.25) is 0 Å². The SMILES string of the molecule is COc1ccc(CN(C)Cc2cc(=O)oc3cc(C)c(Cl)cc23)cc1OC. The Morgan fingerprint density at radius 3 is 2.48 bits per heavy atom. The number of aryl methyl sites for hydroxylation is 1. The molecule has 3 aromatic rings. The molecule has 0 unspecified atom stereocenters. The van der Waals surface area contributed by atoms with E-state index < -0.39 is 0 Å². The average Bonchev–Trinajstić information content (AvgIpc) is 2.63. The summed E-state index contributed by atoms with van der Waals surface area (Å²) in [6, 6.07) is 11.0. The molecule has 0 amide bonds. The Morgan fingerprint density at radius 2 is 1.78 bits per heavy atom.